The Morgan fingerprint density at radius 3 is 2.90 bits per heavy atom. The molecule has 1 aliphatic rings. The summed E-state index contributed by atoms with van der Waals surface area (Å²) in [7, 11) is 0. The van der Waals surface area contributed by atoms with Crippen molar-refractivity contribution in [3.63, 3.8) is 0 Å². The van der Waals surface area contributed by atoms with Gasteiger partial charge in [-0.05, 0) is 31.4 Å². The summed E-state index contributed by atoms with van der Waals surface area (Å²) in [5.74, 6) is 0.863. The quantitative estimate of drug-likeness (QED) is 0.929. The van der Waals surface area contributed by atoms with Gasteiger partial charge in [0.2, 0.25) is 5.95 Å². The molecule has 1 aliphatic heterocycles. The van der Waals surface area contributed by atoms with Crippen molar-refractivity contribution in [2.24, 2.45) is 0 Å². The van der Waals surface area contributed by atoms with Gasteiger partial charge in [0, 0.05) is 31.4 Å². The standard InChI is InChI=1S/C15H23N5/c1-4-12-10-19(13(5-2)8-16-12)15-17-14-7-6-11(3)9-20(14)18-15/h6-7,9,12-13,16H,4-5,8,10H2,1-3H3. The summed E-state index contributed by atoms with van der Waals surface area (Å²) in [6.45, 7) is 8.54. The number of hydrogen-bond acceptors (Lipinski definition) is 4. The third kappa shape index (κ3) is 2.38. The van der Waals surface area contributed by atoms with Crippen LogP contribution in [0.5, 0.6) is 0 Å². The maximum absolute atomic E-state index is 4.69. The Morgan fingerprint density at radius 1 is 1.30 bits per heavy atom. The van der Waals surface area contributed by atoms with Crippen molar-refractivity contribution in [1.82, 2.24) is 19.9 Å². The molecule has 2 aromatic rings. The first-order valence-corrected chi connectivity index (χ1v) is 7.54. The van der Waals surface area contributed by atoms with Crippen molar-refractivity contribution >= 4 is 11.6 Å². The molecule has 0 bridgehead atoms. The van der Waals surface area contributed by atoms with Gasteiger partial charge in [-0.3, -0.25) is 0 Å². The van der Waals surface area contributed by atoms with Gasteiger partial charge in [0.15, 0.2) is 5.65 Å². The molecule has 3 heterocycles. The number of aryl methyl sites for hydroxylation is 1. The van der Waals surface area contributed by atoms with Crippen molar-refractivity contribution in [3.05, 3.63) is 23.9 Å². The van der Waals surface area contributed by atoms with E-state index in [1.54, 1.807) is 0 Å². The lowest BCUT2D eigenvalue weighted by atomic mass is 10.1. The van der Waals surface area contributed by atoms with Crippen LogP contribution < -0.4 is 10.2 Å². The fraction of sp³-hybridized carbons (Fsp3) is 0.600. The second-order valence-electron chi connectivity index (χ2n) is 5.65. The number of hydrogen-bond donors (Lipinski definition) is 1. The van der Waals surface area contributed by atoms with E-state index in [-0.39, 0.29) is 0 Å². The maximum atomic E-state index is 4.69. The molecule has 3 rings (SSSR count). The minimum absolute atomic E-state index is 0.483. The van der Waals surface area contributed by atoms with Crippen molar-refractivity contribution < 1.29 is 0 Å². The number of anilines is 1. The highest BCUT2D eigenvalue weighted by molar-refractivity contribution is 5.46. The Hall–Kier alpha value is -1.62. The van der Waals surface area contributed by atoms with Crippen LogP contribution in [-0.4, -0.2) is 39.8 Å². The molecule has 5 heteroatoms. The van der Waals surface area contributed by atoms with Crippen LogP contribution in [-0.2, 0) is 0 Å². The van der Waals surface area contributed by atoms with Gasteiger partial charge in [-0.1, -0.05) is 19.9 Å². The van der Waals surface area contributed by atoms with Crippen LogP contribution in [0.2, 0.25) is 0 Å². The van der Waals surface area contributed by atoms with E-state index in [0.29, 0.717) is 12.1 Å². The van der Waals surface area contributed by atoms with E-state index in [2.05, 4.69) is 42.2 Å². The van der Waals surface area contributed by atoms with Crippen molar-refractivity contribution in [2.45, 2.75) is 45.7 Å². The fourth-order valence-corrected chi connectivity index (χ4v) is 2.84. The molecule has 2 unspecified atom stereocenters. The molecule has 0 saturated carbocycles. The van der Waals surface area contributed by atoms with Crippen molar-refractivity contribution in [2.75, 3.05) is 18.0 Å². The SMILES string of the molecule is CCC1CN(c2nc3ccc(C)cn3n2)C(CC)CN1. The van der Waals surface area contributed by atoms with E-state index in [9.17, 15) is 0 Å². The van der Waals surface area contributed by atoms with Crippen LogP contribution in [0.3, 0.4) is 0 Å². The molecule has 108 valence electrons. The van der Waals surface area contributed by atoms with Crippen LogP contribution in [0.1, 0.15) is 32.3 Å². The van der Waals surface area contributed by atoms with Crippen molar-refractivity contribution in [1.29, 1.82) is 0 Å². The molecule has 1 N–H and O–H groups in total. The number of nitrogens with one attached hydrogen (secondary N) is 1. The predicted octanol–water partition coefficient (Wildman–Crippen LogP) is 2.00. The van der Waals surface area contributed by atoms with Crippen LogP contribution in [0.4, 0.5) is 5.95 Å². The minimum Gasteiger partial charge on any atom is -0.334 e. The molecule has 5 nitrogen and oxygen atoms in total. The smallest absolute Gasteiger partial charge is 0.246 e. The van der Waals surface area contributed by atoms with Crippen LogP contribution in [0, 0.1) is 6.92 Å². The Kier molecular flexibility index (Phi) is 3.61. The number of pyridine rings is 1. The van der Waals surface area contributed by atoms with E-state index in [0.717, 1.165) is 37.5 Å². The van der Waals surface area contributed by atoms with E-state index in [1.165, 1.54) is 5.56 Å². The second kappa shape index (κ2) is 5.40. The highest BCUT2D eigenvalue weighted by Gasteiger charge is 2.28. The van der Waals surface area contributed by atoms with Crippen LogP contribution in [0.15, 0.2) is 18.3 Å². The highest BCUT2D eigenvalue weighted by atomic mass is 15.4. The normalized spacial score (nSPS) is 23.4. The Bertz CT molecular complexity index is 591. The number of rotatable bonds is 3. The largest absolute Gasteiger partial charge is 0.334 e. The monoisotopic (exact) mass is 273 g/mol. The maximum Gasteiger partial charge on any atom is 0.246 e. The van der Waals surface area contributed by atoms with Gasteiger partial charge >= 0.3 is 0 Å². The van der Waals surface area contributed by atoms with E-state index in [1.807, 2.05) is 16.8 Å². The zero-order valence-electron chi connectivity index (χ0n) is 12.5. The molecule has 0 aliphatic carbocycles. The van der Waals surface area contributed by atoms with Gasteiger partial charge in [0.25, 0.3) is 0 Å². The molecule has 0 amide bonds. The van der Waals surface area contributed by atoms with Gasteiger partial charge < -0.3 is 10.2 Å². The molecule has 0 spiro atoms. The summed E-state index contributed by atoms with van der Waals surface area (Å²) in [4.78, 5) is 7.06. The number of aromatic nitrogens is 3. The molecule has 2 aromatic heterocycles. The summed E-state index contributed by atoms with van der Waals surface area (Å²) in [6, 6.07) is 5.13. The Labute approximate surface area is 120 Å². The summed E-state index contributed by atoms with van der Waals surface area (Å²) >= 11 is 0. The number of piperazine rings is 1. The number of fused-ring (bicyclic) bond motifs is 1. The molecule has 1 saturated heterocycles. The van der Waals surface area contributed by atoms with Crippen molar-refractivity contribution in [3.8, 4) is 0 Å². The first-order chi connectivity index (χ1) is 9.71. The average Bonchev–Trinajstić information content (AvgIpc) is 2.89. The lowest BCUT2D eigenvalue weighted by Crippen LogP contribution is -2.56. The molecule has 20 heavy (non-hydrogen) atoms. The minimum atomic E-state index is 0.483. The summed E-state index contributed by atoms with van der Waals surface area (Å²) < 4.78 is 1.89. The van der Waals surface area contributed by atoms with Gasteiger partial charge in [-0.15, -0.1) is 5.10 Å². The fourth-order valence-electron chi connectivity index (χ4n) is 2.84. The second-order valence-corrected chi connectivity index (χ2v) is 5.65. The summed E-state index contributed by atoms with van der Waals surface area (Å²) in [5.41, 5.74) is 2.12. The van der Waals surface area contributed by atoms with Gasteiger partial charge in [-0.2, -0.15) is 4.98 Å². The van der Waals surface area contributed by atoms with Crippen LogP contribution in [0.25, 0.3) is 5.65 Å². The Morgan fingerprint density at radius 2 is 2.15 bits per heavy atom. The first-order valence-electron chi connectivity index (χ1n) is 7.54. The zero-order chi connectivity index (χ0) is 14.1. The topological polar surface area (TPSA) is 45.5 Å². The molecular formula is C15H23N5. The van der Waals surface area contributed by atoms with E-state index < -0.39 is 0 Å². The number of nitrogens with zero attached hydrogens (tertiary/aromatic N) is 4. The van der Waals surface area contributed by atoms with E-state index >= 15 is 0 Å². The van der Waals surface area contributed by atoms with Crippen LogP contribution >= 0.6 is 0 Å². The summed E-state index contributed by atoms with van der Waals surface area (Å²) in [6.07, 6.45) is 4.28. The summed E-state index contributed by atoms with van der Waals surface area (Å²) in [5, 5.41) is 8.28. The zero-order valence-corrected chi connectivity index (χ0v) is 12.5. The van der Waals surface area contributed by atoms with E-state index in [4.69, 9.17) is 4.98 Å². The molecule has 0 aromatic carbocycles. The Balaban J connectivity index is 1.94. The lowest BCUT2D eigenvalue weighted by Gasteiger charge is -2.39. The molecule has 2 atom stereocenters. The van der Waals surface area contributed by atoms with Gasteiger partial charge in [0.05, 0.1) is 0 Å². The molecule has 1 fully saturated rings. The lowest BCUT2D eigenvalue weighted by molar-refractivity contribution is 0.374. The molecule has 0 radical (unpaired) electrons. The predicted molar refractivity (Wildman–Crippen MR) is 81.2 cm³/mol. The van der Waals surface area contributed by atoms with Gasteiger partial charge in [0.1, 0.15) is 0 Å². The highest BCUT2D eigenvalue weighted by Crippen LogP contribution is 2.19. The first kappa shape index (κ1) is 13.4. The third-order valence-corrected chi connectivity index (χ3v) is 4.19. The van der Waals surface area contributed by atoms with Gasteiger partial charge in [-0.25, -0.2) is 4.52 Å². The average molecular weight is 273 g/mol. The molecular weight excluding hydrogens is 250 g/mol. The third-order valence-electron chi connectivity index (χ3n) is 4.19.